The van der Waals surface area contributed by atoms with E-state index in [1.165, 1.54) is 12.8 Å². The van der Waals surface area contributed by atoms with Crippen LogP contribution in [0.4, 0.5) is 0 Å². The summed E-state index contributed by atoms with van der Waals surface area (Å²) < 4.78 is 7.25. The topological polar surface area (TPSA) is 54.5 Å². The second-order valence-electron chi connectivity index (χ2n) is 7.58. The van der Waals surface area contributed by atoms with Crippen LogP contribution in [0.5, 0.6) is 0 Å². The number of nitrogens with zero attached hydrogens (tertiary/aromatic N) is 4. The van der Waals surface area contributed by atoms with Crippen molar-refractivity contribution < 1.29 is 9.21 Å². The van der Waals surface area contributed by atoms with Gasteiger partial charge in [-0.3, -0.25) is 9.69 Å². The van der Waals surface area contributed by atoms with Crippen LogP contribution in [0.2, 0.25) is 0 Å². The highest BCUT2D eigenvalue weighted by Gasteiger charge is 2.33. The summed E-state index contributed by atoms with van der Waals surface area (Å²) in [5.74, 6) is 0.705. The van der Waals surface area contributed by atoms with Crippen LogP contribution in [0.3, 0.4) is 0 Å². The maximum Gasteiger partial charge on any atom is 0.272 e. The first-order valence-electron chi connectivity index (χ1n) is 10.0. The summed E-state index contributed by atoms with van der Waals surface area (Å²) >= 11 is 0. The van der Waals surface area contributed by atoms with Crippen LogP contribution in [0.15, 0.2) is 59.2 Å². The Bertz CT molecular complexity index is 942. The van der Waals surface area contributed by atoms with Crippen LogP contribution < -0.4 is 0 Å². The summed E-state index contributed by atoms with van der Waals surface area (Å²) in [5.41, 5.74) is 2.13. The van der Waals surface area contributed by atoms with Gasteiger partial charge in [-0.1, -0.05) is 18.2 Å². The van der Waals surface area contributed by atoms with Gasteiger partial charge in [-0.15, -0.1) is 0 Å². The van der Waals surface area contributed by atoms with Crippen LogP contribution in [0, 0.1) is 0 Å². The van der Waals surface area contributed by atoms with Gasteiger partial charge in [-0.05, 0) is 56.6 Å². The molecule has 1 amide bonds. The molecule has 144 valence electrons. The van der Waals surface area contributed by atoms with E-state index in [9.17, 15) is 4.79 Å². The average molecular weight is 376 g/mol. The Labute approximate surface area is 164 Å². The molecule has 0 N–H and O–H groups in total. The Morgan fingerprint density at radius 1 is 1.04 bits per heavy atom. The lowest BCUT2D eigenvalue weighted by atomic mass is 10.2. The van der Waals surface area contributed by atoms with Gasteiger partial charge < -0.3 is 9.32 Å². The lowest BCUT2D eigenvalue weighted by Gasteiger charge is -2.23. The van der Waals surface area contributed by atoms with E-state index in [1.807, 2.05) is 53.4 Å². The molecule has 4 heterocycles. The Morgan fingerprint density at radius 3 is 2.61 bits per heavy atom. The van der Waals surface area contributed by atoms with Gasteiger partial charge >= 0.3 is 0 Å². The summed E-state index contributed by atoms with van der Waals surface area (Å²) in [6.07, 6.45) is 5.23. The third-order valence-electron chi connectivity index (χ3n) is 5.81. The fourth-order valence-electron chi connectivity index (χ4n) is 4.34. The summed E-state index contributed by atoms with van der Waals surface area (Å²) in [4.78, 5) is 17.9. The fraction of sp³-hybridized carbons (Fsp3) is 0.364. The van der Waals surface area contributed by atoms with Gasteiger partial charge in [0.2, 0.25) is 0 Å². The Kier molecular flexibility index (Phi) is 4.49. The summed E-state index contributed by atoms with van der Waals surface area (Å²) in [5, 5.41) is 4.68. The van der Waals surface area contributed by atoms with E-state index >= 15 is 0 Å². The third kappa shape index (κ3) is 3.14. The molecule has 1 unspecified atom stereocenters. The quantitative estimate of drug-likeness (QED) is 0.700. The molecule has 2 saturated heterocycles. The highest BCUT2D eigenvalue weighted by Crippen LogP contribution is 2.26. The van der Waals surface area contributed by atoms with Crippen LogP contribution in [0.1, 0.15) is 29.8 Å². The molecule has 2 aliphatic rings. The second-order valence-corrected chi connectivity index (χ2v) is 7.58. The van der Waals surface area contributed by atoms with Crippen molar-refractivity contribution in [1.82, 2.24) is 19.6 Å². The van der Waals surface area contributed by atoms with E-state index in [2.05, 4.69) is 10.00 Å². The first-order chi connectivity index (χ1) is 13.8. The molecule has 0 saturated carbocycles. The second kappa shape index (κ2) is 7.28. The number of carbonyl (C=O) groups excluding carboxylic acids is 1. The molecule has 6 nitrogen and oxygen atoms in total. The zero-order valence-electron chi connectivity index (χ0n) is 15.8. The maximum atomic E-state index is 13.4. The van der Waals surface area contributed by atoms with Crippen molar-refractivity contribution in [1.29, 1.82) is 0 Å². The van der Waals surface area contributed by atoms with E-state index in [0.29, 0.717) is 23.2 Å². The van der Waals surface area contributed by atoms with Crippen molar-refractivity contribution in [3.05, 3.63) is 60.5 Å². The lowest BCUT2D eigenvalue weighted by molar-refractivity contribution is 0.0771. The normalized spacial score (nSPS) is 20.1. The molecular formula is C22H24N4O2. The standard InChI is InChI=1S/C22H24N4O2/c27-22(25-13-10-18(16-25)24-11-4-5-12-24)20-15-19(21-9-6-14-28-21)23-26(20)17-7-2-1-3-8-17/h1-3,6-9,14-15,18H,4-5,10-13,16H2. The van der Waals surface area contributed by atoms with Gasteiger partial charge in [0.1, 0.15) is 11.4 Å². The van der Waals surface area contributed by atoms with E-state index in [4.69, 9.17) is 4.42 Å². The van der Waals surface area contributed by atoms with Crippen LogP contribution >= 0.6 is 0 Å². The molecule has 0 bridgehead atoms. The van der Waals surface area contributed by atoms with Gasteiger partial charge in [0.05, 0.1) is 12.0 Å². The van der Waals surface area contributed by atoms with Crippen LogP contribution in [-0.4, -0.2) is 57.7 Å². The molecule has 0 aliphatic carbocycles. The van der Waals surface area contributed by atoms with E-state index in [0.717, 1.165) is 38.3 Å². The van der Waals surface area contributed by atoms with Gasteiger partial charge in [0.25, 0.3) is 5.91 Å². The molecule has 2 fully saturated rings. The lowest BCUT2D eigenvalue weighted by Crippen LogP contribution is -2.37. The number of carbonyl (C=O) groups is 1. The molecule has 2 aromatic heterocycles. The molecule has 1 aromatic carbocycles. The first-order valence-corrected chi connectivity index (χ1v) is 10.0. The average Bonchev–Trinajstić information content (AvgIpc) is 3.53. The summed E-state index contributed by atoms with van der Waals surface area (Å²) in [6, 6.07) is 15.8. The van der Waals surface area contributed by atoms with Crippen molar-refractivity contribution in [2.75, 3.05) is 26.2 Å². The van der Waals surface area contributed by atoms with Crippen LogP contribution in [-0.2, 0) is 0 Å². The van der Waals surface area contributed by atoms with Crippen LogP contribution in [0.25, 0.3) is 17.1 Å². The number of benzene rings is 1. The van der Waals surface area contributed by atoms with E-state index in [1.54, 1.807) is 10.9 Å². The minimum absolute atomic E-state index is 0.0378. The highest BCUT2D eigenvalue weighted by atomic mass is 16.3. The van der Waals surface area contributed by atoms with Gasteiger partial charge in [-0.25, -0.2) is 4.68 Å². The monoisotopic (exact) mass is 376 g/mol. The minimum Gasteiger partial charge on any atom is -0.463 e. The van der Waals surface area contributed by atoms with Crippen molar-refractivity contribution in [3.8, 4) is 17.1 Å². The zero-order valence-corrected chi connectivity index (χ0v) is 15.8. The maximum absolute atomic E-state index is 13.4. The molecule has 28 heavy (non-hydrogen) atoms. The molecule has 1 atom stereocenters. The molecule has 5 rings (SSSR count). The molecular weight excluding hydrogens is 352 g/mol. The smallest absolute Gasteiger partial charge is 0.272 e. The van der Waals surface area contributed by atoms with E-state index < -0.39 is 0 Å². The Morgan fingerprint density at radius 2 is 1.86 bits per heavy atom. The Hall–Kier alpha value is -2.86. The molecule has 0 spiro atoms. The summed E-state index contributed by atoms with van der Waals surface area (Å²) in [7, 11) is 0. The number of amides is 1. The SMILES string of the molecule is O=C(c1cc(-c2ccco2)nn1-c1ccccc1)N1CCC(N2CCCC2)C1. The molecule has 0 radical (unpaired) electrons. The first kappa shape index (κ1) is 17.3. The number of hydrogen-bond donors (Lipinski definition) is 0. The predicted molar refractivity (Wildman–Crippen MR) is 106 cm³/mol. The number of hydrogen-bond acceptors (Lipinski definition) is 4. The number of likely N-dealkylation sites (tertiary alicyclic amines) is 2. The fourth-order valence-corrected chi connectivity index (χ4v) is 4.34. The van der Waals surface area contributed by atoms with Gasteiger partial charge in [-0.2, -0.15) is 5.10 Å². The Balaban J connectivity index is 1.45. The van der Waals surface area contributed by atoms with E-state index in [-0.39, 0.29) is 5.91 Å². The van der Waals surface area contributed by atoms with Gasteiger partial charge in [0.15, 0.2) is 5.76 Å². The molecule has 6 heteroatoms. The van der Waals surface area contributed by atoms with Crippen molar-refractivity contribution in [2.45, 2.75) is 25.3 Å². The third-order valence-corrected chi connectivity index (χ3v) is 5.81. The summed E-state index contributed by atoms with van der Waals surface area (Å²) in [6.45, 7) is 3.93. The highest BCUT2D eigenvalue weighted by molar-refractivity contribution is 5.94. The van der Waals surface area contributed by atoms with Crippen molar-refractivity contribution in [2.24, 2.45) is 0 Å². The number of furan rings is 1. The zero-order chi connectivity index (χ0) is 18.9. The number of para-hydroxylation sites is 1. The largest absolute Gasteiger partial charge is 0.463 e. The molecule has 3 aromatic rings. The number of rotatable bonds is 4. The van der Waals surface area contributed by atoms with Gasteiger partial charge in [0, 0.05) is 25.2 Å². The number of aromatic nitrogens is 2. The van der Waals surface area contributed by atoms with Crippen molar-refractivity contribution in [3.63, 3.8) is 0 Å². The molecule has 2 aliphatic heterocycles. The predicted octanol–water partition coefficient (Wildman–Crippen LogP) is 3.44. The minimum atomic E-state index is 0.0378. The van der Waals surface area contributed by atoms with Crippen molar-refractivity contribution >= 4 is 5.91 Å².